The Kier molecular flexibility index (Phi) is 4.04. The fourth-order valence-corrected chi connectivity index (χ4v) is 1.79. The van der Waals surface area contributed by atoms with Crippen LogP contribution in [0.4, 0.5) is 14.6 Å². The van der Waals surface area contributed by atoms with E-state index in [2.05, 4.69) is 15.3 Å². The summed E-state index contributed by atoms with van der Waals surface area (Å²) in [5.41, 5.74) is 0.538. The molecule has 100 valence electrons. The second kappa shape index (κ2) is 5.73. The van der Waals surface area contributed by atoms with Gasteiger partial charge in [-0.25, -0.2) is 18.7 Å². The largest absolute Gasteiger partial charge is 0.373 e. The highest BCUT2D eigenvalue weighted by Gasteiger charge is 2.11. The molecule has 1 heterocycles. The van der Waals surface area contributed by atoms with Crippen molar-refractivity contribution in [2.75, 3.05) is 12.4 Å². The summed E-state index contributed by atoms with van der Waals surface area (Å²) < 4.78 is 27.0. The number of aromatic nitrogens is 2. The van der Waals surface area contributed by atoms with E-state index in [0.717, 1.165) is 24.6 Å². The van der Waals surface area contributed by atoms with Crippen LogP contribution in [-0.2, 0) is 6.42 Å². The first-order chi connectivity index (χ1) is 9.13. The Bertz CT molecular complexity index is 585. The van der Waals surface area contributed by atoms with Gasteiger partial charge in [0.2, 0.25) is 0 Å². The second-order valence-corrected chi connectivity index (χ2v) is 4.18. The average molecular weight is 263 g/mol. The van der Waals surface area contributed by atoms with Crippen molar-refractivity contribution in [2.45, 2.75) is 19.8 Å². The third-order valence-corrected chi connectivity index (χ3v) is 2.71. The number of halogens is 2. The van der Waals surface area contributed by atoms with Crippen molar-refractivity contribution in [3.8, 4) is 11.3 Å². The second-order valence-electron chi connectivity index (χ2n) is 4.18. The minimum Gasteiger partial charge on any atom is -0.373 e. The molecule has 0 fully saturated rings. The molecule has 1 aromatic heterocycles. The Morgan fingerprint density at radius 3 is 2.63 bits per heavy atom. The van der Waals surface area contributed by atoms with E-state index in [-0.39, 0.29) is 5.56 Å². The maximum Gasteiger partial charge on any atom is 0.132 e. The van der Waals surface area contributed by atoms with E-state index in [9.17, 15) is 8.78 Å². The van der Waals surface area contributed by atoms with E-state index in [1.165, 1.54) is 0 Å². The molecule has 0 radical (unpaired) electrons. The van der Waals surface area contributed by atoms with Gasteiger partial charge in [-0.3, -0.25) is 0 Å². The molecule has 5 heteroatoms. The quantitative estimate of drug-likeness (QED) is 0.918. The number of nitrogens with one attached hydrogen (secondary N) is 1. The van der Waals surface area contributed by atoms with Gasteiger partial charge in [0.15, 0.2) is 0 Å². The number of nitrogens with zero attached hydrogens (tertiary/aromatic N) is 2. The van der Waals surface area contributed by atoms with Crippen LogP contribution in [0.1, 0.15) is 19.2 Å². The van der Waals surface area contributed by atoms with Gasteiger partial charge >= 0.3 is 0 Å². The Balaban J connectivity index is 2.54. The highest BCUT2D eigenvalue weighted by atomic mass is 19.1. The van der Waals surface area contributed by atoms with Gasteiger partial charge in [-0.2, -0.15) is 0 Å². The van der Waals surface area contributed by atoms with Crippen molar-refractivity contribution in [1.82, 2.24) is 9.97 Å². The SMILES string of the molecule is CCCc1nc(NC)cc(-c2cc(F)ccc2F)n1. The van der Waals surface area contributed by atoms with Crippen LogP contribution < -0.4 is 5.32 Å². The lowest BCUT2D eigenvalue weighted by Gasteiger charge is -2.08. The van der Waals surface area contributed by atoms with Gasteiger partial charge in [0, 0.05) is 25.1 Å². The summed E-state index contributed by atoms with van der Waals surface area (Å²) in [7, 11) is 1.73. The molecule has 0 saturated carbocycles. The minimum atomic E-state index is -0.496. The number of anilines is 1. The normalized spacial score (nSPS) is 10.5. The predicted octanol–water partition coefficient (Wildman–Crippen LogP) is 3.42. The van der Waals surface area contributed by atoms with Gasteiger partial charge in [0.05, 0.1) is 5.69 Å². The molecule has 0 aliphatic heterocycles. The van der Waals surface area contributed by atoms with Crippen LogP contribution in [0.15, 0.2) is 24.3 Å². The molecule has 0 atom stereocenters. The Hall–Kier alpha value is -2.04. The predicted molar refractivity (Wildman–Crippen MR) is 70.9 cm³/mol. The molecule has 0 saturated heterocycles. The molecule has 1 aromatic carbocycles. The summed E-state index contributed by atoms with van der Waals surface area (Å²) in [5, 5.41) is 2.90. The van der Waals surface area contributed by atoms with Crippen LogP contribution in [0.2, 0.25) is 0 Å². The van der Waals surface area contributed by atoms with Crippen LogP contribution in [0.3, 0.4) is 0 Å². The molecule has 3 nitrogen and oxygen atoms in total. The van der Waals surface area contributed by atoms with Gasteiger partial charge in [-0.1, -0.05) is 6.92 Å². The molecular weight excluding hydrogens is 248 g/mol. The van der Waals surface area contributed by atoms with E-state index < -0.39 is 11.6 Å². The van der Waals surface area contributed by atoms with E-state index in [1.54, 1.807) is 13.1 Å². The van der Waals surface area contributed by atoms with Crippen molar-refractivity contribution in [1.29, 1.82) is 0 Å². The number of hydrogen-bond acceptors (Lipinski definition) is 3. The molecule has 1 N–H and O–H groups in total. The molecule has 0 amide bonds. The van der Waals surface area contributed by atoms with Crippen LogP contribution in [0, 0.1) is 11.6 Å². The lowest BCUT2D eigenvalue weighted by molar-refractivity contribution is 0.602. The fraction of sp³-hybridized carbons (Fsp3) is 0.286. The molecule has 0 unspecified atom stereocenters. The van der Waals surface area contributed by atoms with Crippen molar-refractivity contribution in [3.05, 3.63) is 41.7 Å². The molecule has 0 aliphatic rings. The monoisotopic (exact) mass is 263 g/mol. The van der Waals surface area contributed by atoms with Crippen molar-refractivity contribution in [2.24, 2.45) is 0 Å². The Morgan fingerprint density at radius 1 is 1.16 bits per heavy atom. The number of aryl methyl sites for hydroxylation is 1. The van der Waals surface area contributed by atoms with E-state index >= 15 is 0 Å². The number of rotatable bonds is 4. The summed E-state index contributed by atoms with van der Waals surface area (Å²) in [5.74, 6) is 0.229. The topological polar surface area (TPSA) is 37.8 Å². The van der Waals surface area contributed by atoms with Crippen molar-refractivity contribution in [3.63, 3.8) is 0 Å². The zero-order chi connectivity index (χ0) is 13.8. The molecular formula is C14H15F2N3. The molecule has 2 aromatic rings. The summed E-state index contributed by atoms with van der Waals surface area (Å²) in [6.45, 7) is 2.01. The standard InChI is InChI=1S/C14H15F2N3/c1-3-4-13-18-12(8-14(17-2)19-13)10-7-9(15)5-6-11(10)16/h5-8H,3-4H2,1-2H3,(H,17,18,19). The van der Waals surface area contributed by atoms with Crippen LogP contribution in [0.5, 0.6) is 0 Å². The maximum atomic E-state index is 13.8. The summed E-state index contributed by atoms with van der Waals surface area (Å²) >= 11 is 0. The van der Waals surface area contributed by atoms with Gasteiger partial charge in [0.1, 0.15) is 23.3 Å². The maximum absolute atomic E-state index is 13.8. The van der Waals surface area contributed by atoms with Gasteiger partial charge in [-0.05, 0) is 24.6 Å². The minimum absolute atomic E-state index is 0.149. The first-order valence-corrected chi connectivity index (χ1v) is 6.15. The highest BCUT2D eigenvalue weighted by molar-refractivity contribution is 5.63. The summed E-state index contributed by atoms with van der Waals surface area (Å²) in [4.78, 5) is 8.57. The fourth-order valence-electron chi connectivity index (χ4n) is 1.79. The molecule has 0 aliphatic carbocycles. The first kappa shape index (κ1) is 13.4. The van der Waals surface area contributed by atoms with Gasteiger partial charge in [-0.15, -0.1) is 0 Å². The Labute approximate surface area is 110 Å². The zero-order valence-electron chi connectivity index (χ0n) is 10.9. The molecule has 0 bridgehead atoms. The lowest BCUT2D eigenvalue weighted by Crippen LogP contribution is -2.02. The van der Waals surface area contributed by atoms with Crippen LogP contribution >= 0.6 is 0 Å². The highest BCUT2D eigenvalue weighted by Crippen LogP contribution is 2.24. The van der Waals surface area contributed by atoms with Crippen molar-refractivity contribution >= 4 is 5.82 Å². The van der Waals surface area contributed by atoms with E-state index in [4.69, 9.17) is 0 Å². The van der Waals surface area contributed by atoms with E-state index in [1.807, 2.05) is 6.92 Å². The van der Waals surface area contributed by atoms with Gasteiger partial charge in [0.25, 0.3) is 0 Å². The smallest absolute Gasteiger partial charge is 0.132 e. The first-order valence-electron chi connectivity index (χ1n) is 6.15. The third kappa shape index (κ3) is 3.05. The van der Waals surface area contributed by atoms with Crippen LogP contribution in [-0.4, -0.2) is 17.0 Å². The van der Waals surface area contributed by atoms with E-state index in [0.29, 0.717) is 23.8 Å². The number of benzene rings is 1. The molecule has 2 rings (SSSR count). The zero-order valence-corrected chi connectivity index (χ0v) is 10.9. The third-order valence-electron chi connectivity index (χ3n) is 2.71. The summed E-state index contributed by atoms with van der Waals surface area (Å²) in [6.07, 6.45) is 1.58. The summed E-state index contributed by atoms with van der Waals surface area (Å²) in [6, 6.07) is 4.95. The lowest BCUT2D eigenvalue weighted by atomic mass is 10.1. The van der Waals surface area contributed by atoms with Crippen LogP contribution in [0.25, 0.3) is 11.3 Å². The molecule has 0 spiro atoms. The Morgan fingerprint density at radius 2 is 1.95 bits per heavy atom. The van der Waals surface area contributed by atoms with Crippen molar-refractivity contribution < 1.29 is 8.78 Å². The average Bonchev–Trinajstić information content (AvgIpc) is 2.41. The molecule has 19 heavy (non-hydrogen) atoms. The number of hydrogen-bond donors (Lipinski definition) is 1. The van der Waals surface area contributed by atoms with Gasteiger partial charge < -0.3 is 5.32 Å².